The van der Waals surface area contributed by atoms with Crippen molar-refractivity contribution in [1.29, 1.82) is 0 Å². The molecule has 0 atom stereocenters. The van der Waals surface area contributed by atoms with E-state index in [0.717, 1.165) is 16.8 Å². The number of hydrogen-bond donors (Lipinski definition) is 1. The number of nitrogens with zero attached hydrogens (tertiary/aromatic N) is 2. The predicted molar refractivity (Wildman–Crippen MR) is 106 cm³/mol. The molecule has 1 aromatic heterocycles. The minimum Gasteiger partial charge on any atom is -0.383 e. The number of aliphatic hydroxyl groups is 1. The van der Waals surface area contributed by atoms with Crippen LogP contribution in [0.3, 0.4) is 0 Å². The molecule has 1 heterocycles. The molecule has 1 aliphatic carbocycles. The van der Waals surface area contributed by atoms with E-state index in [9.17, 15) is 14.3 Å². The standard InChI is InChI=1S/C23H23FN2O2/c1-15-3-6-17(7-4-15)21-14-22(23(28)11-9-19(27)10-12-23)25-26(21)18-8-5-16(2)20(24)13-18/h3-8,13-14,28H,9-12H2,1-2H3. The number of aromatic nitrogens is 2. The van der Waals surface area contributed by atoms with Gasteiger partial charge in [0.15, 0.2) is 0 Å². The Bertz CT molecular complexity index is 1030. The first-order chi connectivity index (χ1) is 13.4. The Hall–Kier alpha value is -2.79. The molecule has 0 aliphatic heterocycles. The second kappa shape index (κ2) is 6.99. The Kier molecular flexibility index (Phi) is 4.63. The highest BCUT2D eigenvalue weighted by atomic mass is 19.1. The highest BCUT2D eigenvalue weighted by Crippen LogP contribution is 2.37. The van der Waals surface area contributed by atoms with Crippen LogP contribution in [-0.2, 0) is 10.4 Å². The first-order valence-electron chi connectivity index (χ1n) is 9.54. The molecule has 0 amide bonds. The fourth-order valence-corrected chi connectivity index (χ4v) is 3.65. The molecule has 0 spiro atoms. The van der Waals surface area contributed by atoms with Crippen molar-refractivity contribution in [3.05, 3.63) is 71.2 Å². The lowest BCUT2D eigenvalue weighted by Crippen LogP contribution is -2.32. The summed E-state index contributed by atoms with van der Waals surface area (Å²) in [5.74, 6) is -0.130. The van der Waals surface area contributed by atoms with Gasteiger partial charge >= 0.3 is 0 Å². The van der Waals surface area contributed by atoms with Crippen molar-refractivity contribution in [3.8, 4) is 16.9 Å². The van der Waals surface area contributed by atoms with Crippen LogP contribution >= 0.6 is 0 Å². The molecule has 0 bridgehead atoms. The number of rotatable bonds is 3. The van der Waals surface area contributed by atoms with Crippen molar-refractivity contribution in [3.63, 3.8) is 0 Å². The zero-order valence-corrected chi connectivity index (χ0v) is 16.1. The molecule has 0 radical (unpaired) electrons. The van der Waals surface area contributed by atoms with Crippen molar-refractivity contribution < 1.29 is 14.3 Å². The first-order valence-corrected chi connectivity index (χ1v) is 9.54. The Morgan fingerprint density at radius 3 is 2.36 bits per heavy atom. The minimum absolute atomic E-state index is 0.170. The van der Waals surface area contributed by atoms with E-state index in [2.05, 4.69) is 5.10 Å². The Morgan fingerprint density at radius 1 is 1.04 bits per heavy atom. The number of halogens is 1. The van der Waals surface area contributed by atoms with Crippen LogP contribution in [0.5, 0.6) is 0 Å². The molecule has 4 rings (SSSR count). The molecule has 1 N–H and O–H groups in total. The van der Waals surface area contributed by atoms with E-state index in [4.69, 9.17) is 0 Å². The van der Waals surface area contributed by atoms with E-state index in [1.807, 2.05) is 43.3 Å². The molecule has 1 saturated carbocycles. The van der Waals surface area contributed by atoms with Crippen molar-refractivity contribution >= 4 is 5.78 Å². The van der Waals surface area contributed by atoms with Gasteiger partial charge in [-0.3, -0.25) is 4.79 Å². The van der Waals surface area contributed by atoms with Crippen LogP contribution in [-0.4, -0.2) is 20.7 Å². The van der Waals surface area contributed by atoms with E-state index >= 15 is 0 Å². The predicted octanol–water partition coefficient (Wildman–Crippen LogP) is 4.63. The summed E-state index contributed by atoms with van der Waals surface area (Å²) < 4.78 is 15.9. The SMILES string of the molecule is Cc1ccc(-c2cc(C3(O)CCC(=O)CC3)nn2-c2ccc(C)c(F)c2)cc1. The Labute approximate surface area is 163 Å². The first kappa shape index (κ1) is 18.6. The molecule has 1 aliphatic rings. The van der Waals surface area contributed by atoms with Gasteiger partial charge in [0.1, 0.15) is 17.2 Å². The third kappa shape index (κ3) is 3.38. The molecule has 144 valence electrons. The normalized spacial score (nSPS) is 16.4. The third-order valence-electron chi connectivity index (χ3n) is 5.57. The topological polar surface area (TPSA) is 55.1 Å². The van der Waals surface area contributed by atoms with Crippen molar-refractivity contribution in [2.75, 3.05) is 0 Å². The average Bonchev–Trinajstić information content (AvgIpc) is 3.13. The lowest BCUT2D eigenvalue weighted by atomic mass is 9.82. The Morgan fingerprint density at radius 2 is 1.71 bits per heavy atom. The fraction of sp³-hybridized carbons (Fsp3) is 0.304. The van der Waals surface area contributed by atoms with Gasteiger partial charge in [-0.2, -0.15) is 5.10 Å². The van der Waals surface area contributed by atoms with Gasteiger partial charge in [0.25, 0.3) is 0 Å². The van der Waals surface area contributed by atoms with Crippen LogP contribution in [0.4, 0.5) is 4.39 Å². The second-order valence-corrected chi connectivity index (χ2v) is 7.70. The molecule has 0 unspecified atom stereocenters. The van der Waals surface area contributed by atoms with Crippen LogP contribution in [0.15, 0.2) is 48.5 Å². The van der Waals surface area contributed by atoms with Gasteiger partial charge in [0.2, 0.25) is 0 Å². The van der Waals surface area contributed by atoms with Crippen molar-refractivity contribution in [2.45, 2.75) is 45.1 Å². The fourth-order valence-electron chi connectivity index (χ4n) is 3.65. The van der Waals surface area contributed by atoms with Gasteiger partial charge in [-0.15, -0.1) is 0 Å². The van der Waals surface area contributed by atoms with E-state index in [-0.39, 0.29) is 11.6 Å². The summed E-state index contributed by atoms with van der Waals surface area (Å²) in [4.78, 5) is 11.6. The monoisotopic (exact) mass is 378 g/mol. The smallest absolute Gasteiger partial charge is 0.133 e. The van der Waals surface area contributed by atoms with Crippen LogP contribution in [0.1, 0.15) is 42.5 Å². The van der Waals surface area contributed by atoms with Crippen LogP contribution in [0, 0.1) is 19.7 Å². The van der Waals surface area contributed by atoms with E-state index in [0.29, 0.717) is 42.6 Å². The maximum absolute atomic E-state index is 14.2. The molecule has 3 aromatic rings. The average molecular weight is 378 g/mol. The van der Waals surface area contributed by atoms with E-state index in [1.165, 1.54) is 6.07 Å². The molecule has 1 fully saturated rings. The number of hydrogen-bond acceptors (Lipinski definition) is 3. The highest BCUT2D eigenvalue weighted by Gasteiger charge is 2.37. The largest absolute Gasteiger partial charge is 0.383 e. The van der Waals surface area contributed by atoms with Gasteiger partial charge in [-0.05, 0) is 50.5 Å². The summed E-state index contributed by atoms with van der Waals surface area (Å²) in [6.07, 6.45) is 1.42. The maximum Gasteiger partial charge on any atom is 0.133 e. The quantitative estimate of drug-likeness (QED) is 0.723. The van der Waals surface area contributed by atoms with Gasteiger partial charge in [-0.25, -0.2) is 9.07 Å². The Balaban J connectivity index is 1.85. The lowest BCUT2D eigenvalue weighted by molar-refractivity contribution is -0.125. The molecule has 2 aromatic carbocycles. The van der Waals surface area contributed by atoms with Crippen LogP contribution in [0.25, 0.3) is 16.9 Å². The summed E-state index contributed by atoms with van der Waals surface area (Å²) >= 11 is 0. The minimum atomic E-state index is -1.14. The number of carbonyl (C=O) groups excluding carboxylic acids is 1. The van der Waals surface area contributed by atoms with Crippen LogP contribution < -0.4 is 0 Å². The summed E-state index contributed by atoms with van der Waals surface area (Å²) in [6, 6.07) is 14.9. The van der Waals surface area contributed by atoms with E-state index in [1.54, 1.807) is 17.7 Å². The zero-order valence-electron chi connectivity index (χ0n) is 16.1. The maximum atomic E-state index is 14.2. The molecule has 5 heteroatoms. The number of benzene rings is 2. The highest BCUT2D eigenvalue weighted by molar-refractivity contribution is 5.79. The molecule has 4 nitrogen and oxygen atoms in total. The molecule has 28 heavy (non-hydrogen) atoms. The summed E-state index contributed by atoms with van der Waals surface area (Å²) in [5.41, 5.74) is 3.40. The number of Topliss-reactive ketones (excluding diaryl/α,β-unsaturated/α-hetero) is 1. The zero-order chi connectivity index (χ0) is 19.9. The summed E-state index contributed by atoms with van der Waals surface area (Å²) in [6.45, 7) is 3.74. The van der Waals surface area contributed by atoms with E-state index < -0.39 is 5.60 Å². The van der Waals surface area contributed by atoms with Crippen molar-refractivity contribution in [2.24, 2.45) is 0 Å². The van der Waals surface area contributed by atoms with Gasteiger partial charge in [0, 0.05) is 18.4 Å². The lowest BCUT2D eigenvalue weighted by Gasteiger charge is -2.29. The van der Waals surface area contributed by atoms with Crippen molar-refractivity contribution in [1.82, 2.24) is 9.78 Å². The van der Waals surface area contributed by atoms with Crippen LogP contribution in [0.2, 0.25) is 0 Å². The number of carbonyl (C=O) groups is 1. The molecule has 0 saturated heterocycles. The third-order valence-corrected chi connectivity index (χ3v) is 5.57. The molecular weight excluding hydrogens is 355 g/mol. The van der Waals surface area contributed by atoms with Gasteiger partial charge < -0.3 is 5.11 Å². The molecular formula is C23H23FN2O2. The second-order valence-electron chi connectivity index (χ2n) is 7.70. The summed E-state index contributed by atoms with van der Waals surface area (Å²) in [7, 11) is 0. The van der Waals surface area contributed by atoms with Gasteiger partial charge in [0.05, 0.1) is 17.1 Å². The number of ketones is 1. The summed E-state index contributed by atoms with van der Waals surface area (Å²) in [5, 5.41) is 15.8. The number of aryl methyl sites for hydroxylation is 2. The van der Waals surface area contributed by atoms with Gasteiger partial charge in [-0.1, -0.05) is 35.9 Å².